The highest BCUT2D eigenvalue weighted by atomic mass is 32.1. The summed E-state index contributed by atoms with van der Waals surface area (Å²) in [6.07, 6.45) is -0.420. The van der Waals surface area contributed by atoms with Gasteiger partial charge in [0.15, 0.2) is 6.29 Å². The molecule has 0 aliphatic heterocycles. The van der Waals surface area contributed by atoms with E-state index >= 15 is 0 Å². The molecular formula is C11H19N3O3S. The quantitative estimate of drug-likeness (QED) is 0.682. The predicted molar refractivity (Wildman–Crippen MR) is 69.4 cm³/mol. The number of carbonyl (C=O) groups is 1. The Labute approximate surface area is 110 Å². The molecule has 0 aliphatic rings. The first kappa shape index (κ1) is 15.0. The molecule has 0 saturated carbocycles. The van der Waals surface area contributed by atoms with Gasteiger partial charge in [0.1, 0.15) is 10.7 Å². The first-order valence-corrected chi connectivity index (χ1v) is 6.75. The summed E-state index contributed by atoms with van der Waals surface area (Å²) in [5.41, 5.74) is 5.82. The maximum absolute atomic E-state index is 11.8. The molecule has 1 amide bonds. The molecule has 102 valence electrons. The van der Waals surface area contributed by atoms with Gasteiger partial charge in [-0.1, -0.05) is 0 Å². The number of hydrogen-bond donors (Lipinski definition) is 2. The van der Waals surface area contributed by atoms with Gasteiger partial charge in [0.25, 0.3) is 5.91 Å². The second-order valence-corrected chi connectivity index (χ2v) is 4.32. The summed E-state index contributed by atoms with van der Waals surface area (Å²) in [6.45, 7) is 5.47. The Morgan fingerprint density at radius 1 is 1.50 bits per heavy atom. The van der Waals surface area contributed by atoms with Crippen LogP contribution in [0.25, 0.3) is 0 Å². The first-order chi connectivity index (χ1) is 8.71. The van der Waals surface area contributed by atoms with Crippen molar-refractivity contribution in [3.05, 3.63) is 16.1 Å². The molecule has 0 saturated heterocycles. The summed E-state index contributed by atoms with van der Waals surface area (Å²) in [4.78, 5) is 15.9. The third-order valence-corrected chi connectivity index (χ3v) is 2.96. The smallest absolute Gasteiger partial charge is 0.270 e. The van der Waals surface area contributed by atoms with Gasteiger partial charge in [0.05, 0.1) is 6.54 Å². The van der Waals surface area contributed by atoms with Crippen LogP contribution in [0.15, 0.2) is 5.38 Å². The van der Waals surface area contributed by atoms with Crippen molar-refractivity contribution in [3.8, 4) is 0 Å². The minimum atomic E-state index is -0.420. The maximum atomic E-state index is 11.8. The number of hydrogen-bond acceptors (Lipinski definition) is 6. The Morgan fingerprint density at radius 3 is 2.67 bits per heavy atom. The average Bonchev–Trinajstić information content (AvgIpc) is 2.85. The molecule has 1 heterocycles. The van der Waals surface area contributed by atoms with Gasteiger partial charge in [0.2, 0.25) is 0 Å². The molecule has 7 heteroatoms. The monoisotopic (exact) mass is 273 g/mol. The van der Waals surface area contributed by atoms with E-state index in [9.17, 15) is 4.79 Å². The van der Waals surface area contributed by atoms with Crippen LogP contribution in [0.5, 0.6) is 0 Å². The van der Waals surface area contributed by atoms with Crippen molar-refractivity contribution in [1.29, 1.82) is 0 Å². The van der Waals surface area contributed by atoms with E-state index in [1.54, 1.807) is 5.38 Å². The number of ether oxygens (including phenoxy) is 2. The molecule has 0 spiro atoms. The molecule has 0 aromatic carbocycles. The Kier molecular flexibility index (Phi) is 6.81. The summed E-state index contributed by atoms with van der Waals surface area (Å²) < 4.78 is 10.6. The van der Waals surface area contributed by atoms with Gasteiger partial charge in [-0.3, -0.25) is 4.79 Å². The van der Waals surface area contributed by atoms with E-state index in [2.05, 4.69) is 10.3 Å². The van der Waals surface area contributed by atoms with Crippen LogP contribution in [0.1, 0.15) is 29.3 Å². The van der Waals surface area contributed by atoms with E-state index in [4.69, 9.17) is 15.2 Å². The van der Waals surface area contributed by atoms with Crippen molar-refractivity contribution in [3.63, 3.8) is 0 Å². The van der Waals surface area contributed by atoms with Gasteiger partial charge in [-0.05, 0) is 13.8 Å². The minimum Gasteiger partial charge on any atom is -0.351 e. The van der Waals surface area contributed by atoms with Crippen LogP contribution in [-0.4, -0.2) is 36.9 Å². The minimum absolute atomic E-state index is 0.240. The third kappa shape index (κ3) is 4.69. The zero-order chi connectivity index (χ0) is 13.4. The van der Waals surface area contributed by atoms with Crippen molar-refractivity contribution < 1.29 is 14.3 Å². The van der Waals surface area contributed by atoms with Crippen molar-refractivity contribution in [2.75, 3.05) is 19.8 Å². The highest BCUT2D eigenvalue weighted by molar-refractivity contribution is 7.09. The summed E-state index contributed by atoms with van der Waals surface area (Å²) in [7, 11) is 0. The second-order valence-electron chi connectivity index (χ2n) is 3.38. The van der Waals surface area contributed by atoms with Gasteiger partial charge in [0, 0.05) is 25.1 Å². The summed E-state index contributed by atoms with van der Waals surface area (Å²) in [5.74, 6) is -0.240. The number of rotatable bonds is 8. The Bertz CT molecular complexity index is 364. The SMILES string of the molecule is CCOC(CNC(=O)c1csc(CN)n1)OCC. The zero-order valence-electron chi connectivity index (χ0n) is 10.6. The average molecular weight is 273 g/mol. The standard InChI is InChI=1S/C11H19N3O3S/c1-3-16-10(17-4-2)6-13-11(15)8-7-18-9(5-12)14-8/h7,10H,3-6,12H2,1-2H3,(H,13,15). The molecule has 0 bridgehead atoms. The molecule has 0 atom stereocenters. The lowest BCUT2D eigenvalue weighted by atomic mass is 10.4. The summed E-state index contributed by atoms with van der Waals surface area (Å²) in [6, 6.07) is 0. The number of thiazole rings is 1. The fourth-order valence-corrected chi connectivity index (χ4v) is 1.97. The van der Waals surface area contributed by atoms with E-state index in [1.807, 2.05) is 13.8 Å². The van der Waals surface area contributed by atoms with Crippen molar-refractivity contribution in [1.82, 2.24) is 10.3 Å². The van der Waals surface area contributed by atoms with Crippen LogP contribution >= 0.6 is 11.3 Å². The number of nitrogens with one attached hydrogen (secondary N) is 1. The molecule has 0 unspecified atom stereocenters. The third-order valence-electron chi connectivity index (χ3n) is 2.09. The summed E-state index contributed by atoms with van der Waals surface area (Å²) >= 11 is 1.37. The molecule has 1 aromatic heterocycles. The van der Waals surface area contributed by atoms with E-state index in [0.29, 0.717) is 32.0 Å². The van der Waals surface area contributed by atoms with Crippen LogP contribution in [-0.2, 0) is 16.0 Å². The highest BCUT2D eigenvalue weighted by Crippen LogP contribution is 2.08. The fraction of sp³-hybridized carbons (Fsp3) is 0.636. The van der Waals surface area contributed by atoms with Crippen LogP contribution < -0.4 is 11.1 Å². The van der Waals surface area contributed by atoms with Crippen LogP contribution in [0.3, 0.4) is 0 Å². The fourth-order valence-electron chi connectivity index (χ4n) is 1.31. The lowest BCUT2D eigenvalue weighted by molar-refractivity contribution is -0.131. The van der Waals surface area contributed by atoms with Crippen molar-refractivity contribution in [2.45, 2.75) is 26.7 Å². The highest BCUT2D eigenvalue weighted by Gasteiger charge is 2.13. The second kappa shape index (κ2) is 8.15. The topological polar surface area (TPSA) is 86.5 Å². The van der Waals surface area contributed by atoms with E-state index in [1.165, 1.54) is 11.3 Å². The van der Waals surface area contributed by atoms with E-state index < -0.39 is 6.29 Å². The first-order valence-electron chi connectivity index (χ1n) is 5.87. The predicted octanol–water partition coefficient (Wildman–Crippen LogP) is 0.731. The molecule has 1 aromatic rings. The molecular weight excluding hydrogens is 254 g/mol. The van der Waals surface area contributed by atoms with Crippen molar-refractivity contribution >= 4 is 17.2 Å². The van der Waals surface area contributed by atoms with E-state index in [0.717, 1.165) is 5.01 Å². The van der Waals surface area contributed by atoms with Crippen LogP contribution in [0, 0.1) is 0 Å². The van der Waals surface area contributed by atoms with Gasteiger partial charge < -0.3 is 20.5 Å². The zero-order valence-corrected chi connectivity index (χ0v) is 11.5. The molecule has 1 rings (SSSR count). The molecule has 0 aliphatic carbocycles. The molecule has 3 N–H and O–H groups in total. The molecule has 0 fully saturated rings. The van der Waals surface area contributed by atoms with E-state index in [-0.39, 0.29) is 5.91 Å². The molecule has 18 heavy (non-hydrogen) atoms. The molecule has 0 radical (unpaired) electrons. The van der Waals surface area contributed by atoms with Gasteiger partial charge in [-0.25, -0.2) is 4.98 Å². The number of amides is 1. The largest absolute Gasteiger partial charge is 0.351 e. The maximum Gasteiger partial charge on any atom is 0.270 e. The number of carbonyl (C=O) groups excluding carboxylic acids is 1. The summed E-state index contributed by atoms with van der Waals surface area (Å²) in [5, 5.41) is 5.15. The Balaban J connectivity index is 2.43. The van der Waals surface area contributed by atoms with Gasteiger partial charge in [-0.15, -0.1) is 11.3 Å². The van der Waals surface area contributed by atoms with Crippen molar-refractivity contribution in [2.24, 2.45) is 5.73 Å². The van der Waals surface area contributed by atoms with Gasteiger partial charge >= 0.3 is 0 Å². The Morgan fingerprint density at radius 2 is 2.17 bits per heavy atom. The van der Waals surface area contributed by atoms with Crippen LogP contribution in [0.2, 0.25) is 0 Å². The lowest BCUT2D eigenvalue weighted by Crippen LogP contribution is -2.35. The number of nitrogens with two attached hydrogens (primary N) is 1. The molecule has 6 nitrogen and oxygen atoms in total. The Hall–Kier alpha value is -1.02. The lowest BCUT2D eigenvalue weighted by Gasteiger charge is -2.16. The normalized spacial score (nSPS) is 10.9. The number of nitrogens with zero attached hydrogens (tertiary/aromatic N) is 1. The van der Waals surface area contributed by atoms with Crippen LogP contribution in [0.4, 0.5) is 0 Å². The van der Waals surface area contributed by atoms with Gasteiger partial charge in [-0.2, -0.15) is 0 Å². The number of aromatic nitrogens is 1.